The standard InChI is InChI=1S/C10H17BO/c1-3-10-6-4-5-8(7(10)2)9(11)12-10/h7-9H,3-6H2,1-2H3/t7?,8-,9+,10-/m0/s1. The predicted octanol–water partition coefficient (Wildman–Crippen LogP) is 2.10. The highest BCUT2D eigenvalue weighted by Crippen LogP contribution is 2.50. The number of ether oxygens (including phenoxy) is 1. The topological polar surface area (TPSA) is 9.23 Å². The van der Waals surface area contributed by atoms with Crippen LogP contribution in [-0.4, -0.2) is 19.5 Å². The lowest BCUT2D eigenvalue weighted by molar-refractivity contribution is -0.0414. The number of rotatable bonds is 1. The molecule has 2 aliphatic rings. The van der Waals surface area contributed by atoms with Gasteiger partial charge < -0.3 is 4.74 Å². The van der Waals surface area contributed by atoms with Gasteiger partial charge in [0.25, 0.3) is 0 Å². The zero-order valence-electron chi connectivity index (χ0n) is 8.05. The van der Waals surface area contributed by atoms with Crippen molar-refractivity contribution in [1.82, 2.24) is 0 Å². The molecule has 1 aliphatic heterocycles. The van der Waals surface area contributed by atoms with Crippen LogP contribution in [0, 0.1) is 11.8 Å². The minimum Gasteiger partial charge on any atom is -0.381 e. The van der Waals surface area contributed by atoms with Gasteiger partial charge in [-0.05, 0) is 31.1 Å². The fourth-order valence-electron chi connectivity index (χ4n) is 3.06. The first-order valence-electron chi connectivity index (χ1n) is 5.13. The molecule has 2 fully saturated rings. The molecule has 2 bridgehead atoms. The van der Waals surface area contributed by atoms with E-state index in [2.05, 4.69) is 13.8 Å². The summed E-state index contributed by atoms with van der Waals surface area (Å²) in [6.07, 6.45) is 4.91. The molecule has 0 N–H and O–H groups in total. The predicted molar refractivity (Wildman–Crippen MR) is 50.2 cm³/mol. The lowest BCUT2D eigenvalue weighted by atomic mass is 9.68. The summed E-state index contributed by atoms with van der Waals surface area (Å²) in [5.41, 5.74) is 0.141. The van der Waals surface area contributed by atoms with E-state index in [9.17, 15) is 0 Å². The molecule has 12 heavy (non-hydrogen) atoms. The molecule has 1 saturated heterocycles. The van der Waals surface area contributed by atoms with Crippen molar-refractivity contribution in [3.63, 3.8) is 0 Å². The molecule has 0 aromatic carbocycles. The molecule has 2 heteroatoms. The zero-order valence-corrected chi connectivity index (χ0v) is 8.05. The molecule has 0 spiro atoms. The van der Waals surface area contributed by atoms with Gasteiger partial charge in [-0.15, -0.1) is 0 Å². The van der Waals surface area contributed by atoms with Crippen LogP contribution in [-0.2, 0) is 4.74 Å². The average Bonchev–Trinajstić information content (AvgIpc) is 2.23. The Morgan fingerprint density at radius 3 is 2.92 bits per heavy atom. The minimum atomic E-state index is 0.0162. The molecule has 1 saturated carbocycles. The van der Waals surface area contributed by atoms with E-state index in [-0.39, 0.29) is 11.6 Å². The maximum absolute atomic E-state index is 5.95. The number of hydrogen-bond donors (Lipinski definition) is 0. The van der Waals surface area contributed by atoms with Gasteiger partial charge in [-0.1, -0.05) is 20.3 Å². The molecule has 0 aromatic heterocycles. The summed E-state index contributed by atoms with van der Waals surface area (Å²) in [5.74, 6) is 1.30. The fraction of sp³-hybridized carbons (Fsp3) is 1.00. The second-order valence-corrected chi connectivity index (χ2v) is 4.35. The normalized spacial score (nSPS) is 52.7. The summed E-state index contributed by atoms with van der Waals surface area (Å²) in [6.45, 7) is 4.52. The minimum absolute atomic E-state index is 0.0162. The molecule has 1 aliphatic carbocycles. The molecule has 0 amide bonds. The second-order valence-electron chi connectivity index (χ2n) is 4.35. The maximum Gasteiger partial charge on any atom is 0.109 e. The fourth-order valence-corrected chi connectivity index (χ4v) is 3.06. The van der Waals surface area contributed by atoms with Crippen molar-refractivity contribution in [3.8, 4) is 0 Å². The molecular formula is C10H17BO. The van der Waals surface area contributed by atoms with Crippen molar-refractivity contribution in [2.75, 3.05) is 0 Å². The summed E-state index contributed by atoms with van der Waals surface area (Å²) in [4.78, 5) is 0. The van der Waals surface area contributed by atoms with Crippen LogP contribution in [0.3, 0.4) is 0 Å². The van der Waals surface area contributed by atoms with E-state index >= 15 is 0 Å². The van der Waals surface area contributed by atoms with Gasteiger partial charge in [0, 0.05) is 6.00 Å². The first-order valence-corrected chi connectivity index (χ1v) is 5.13. The summed E-state index contributed by atoms with van der Waals surface area (Å²) in [6, 6.07) is 0.0162. The third kappa shape index (κ3) is 0.969. The Morgan fingerprint density at radius 2 is 2.33 bits per heavy atom. The molecule has 66 valence electrons. The molecular weight excluding hydrogens is 147 g/mol. The van der Waals surface area contributed by atoms with Gasteiger partial charge in [-0.2, -0.15) is 0 Å². The van der Waals surface area contributed by atoms with Crippen molar-refractivity contribution in [3.05, 3.63) is 0 Å². The highest BCUT2D eigenvalue weighted by molar-refractivity contribution is 6.11. The Balaban J connectivity index is 2.24. The van der Waals surface area contributed by atoms with Crippen molar-refractivity contribution >= 4 is 7.85 Å². The zero-order chi connectivity index (χ0) is 8.77. The van der Waals surface area contributed by atoms with Crippen LogP contribution >= 0.6 is 0 Å². The van der Waals surface area contributed by atoms with Crippen LogP contribution in [0.4, 0.5) is 0 Å². The van der Waals surface area contributed by atoms with Gasteiger partial charge in [-0.3, -0.25) is 0 Å². The van der Waals surface area contributed by atoms with Crippen molar-refractivity contribution in [2.24, 2.45) is 11.8 Å². The van der Waals surface area contributed by atoms with Crippen molar-refractivity contribution in [2.45, 2.75) is 51.1 Å². The van der Waals surface area contributed by atoms with Gasteiger partial charge in [0.15, 0.2) is 0 Å². The Morgan fingerprint density at radius 1 is 1.58 bits per heavy atom. The van der Waals surface area contributed by atoms with Gasteiger partial charge in [0.1, 0.15) is 7.85 Å². The smallest absolute Gasteiger partial charge is 0.109 e. The second kappa shape index (κ2) is 2.76. The molecule has 1 unspecified atom stereocenters. The maximum atomic E-state index is 5.95. The van der Waals surface area contributed by atoms with E-state index in [1.807, 2.05) is 0 Å². The first-order chi connectivity index (χ1) is 5.69. The SMILES string of the molecule is [B][C@@H]1O[C@@]2(CC)CCC[C@H]1C2C. The van der Waals surface area contributed by atoms with E-state index in [1.54, 1.807) is 0 Å². The van der Waals surface area contributed by atoms with Crippen LogP contribution in [0.15, 0.2) is 0 Å². The summed E-state index contributed by atoms with van der Waals surface area (Å²) >= 11 is 0. The van der Waals surface area contributed by atoms with E-state index in [4.69, 9.17) is 12.6 Å². The quantitative estimate of drug-likeness (QED) is 0.539. The highest BCUT2D eigenvalue weighted by atomic mass is 16.5. The van der Waals surface area contributed by atoms with Crippen LogP contribution in [0.1, 0.15) is 39.5 Å². The molecule has 2 radical (unpaired) electrons. The molecule has 2 rings (SSSR count). The van der Waals surface area contributed by atoms with Gasteiger partial charge in [0.05, 0.1) is 5.60 Å². The van der Waals surface area contributed by atoms with Crippen LogP contribution < -0.4 is 0 Å². The van der Waals surface area contributed by atoms with E-state index in [1.165, 1.54) is 19.3 Å². The van der Waals surface area contributed by atoms with Crippen molar-refractivity contribution < 1.29 is 4.74 Å². The third-order valence-corrected chi connectivity index (χ3v) is 4.00. The number of fused-ring (bicyclic) bond motifs is 2. The largest absolute Gasteiger partial charge is 0.381 e. The van der Waals surface area contributed by atoms with Crippen LogP contribution in [0.5, 0.6) is 0 Å². The Hall–Kier alpha value is 0.0249. The molecule has 0 aromatic rings. The van der Waals surface area contributed by atoms with E-state index in [0.29, 0.717) is 11.8 Å². The van der Waals surface area contributed by atoms with E-state index in [0.717, 1.165) is 6.42 Å². The van der Waals surface area contributed by atoms with Gasteiger partial charge in [0.2, 0.25) is 0 Å². The molecule has 1 nitrogen and oxygen atoms in total. The summed E-state index contributed by atoms with van der Waals surface area (Å²) < 4.78 is 5.91. The van der Waals surface area contributed by atoms with Gasteiger partial charge in [-0.25, -0.2) is 0 Å². The lowest BCUT2D eigenvalue weighted by Gasteiger charge is -2.36. The third-order valence-electron chi connectivity index (χ3n) is 4.00. The number of hydrogen-bond acceptors (Lipinski definition) is 1. The molecule has 4 atom stereocenters. The Kier molecular flexibility index (Phi) is 1.98. The summed E-state index contributed by atoms with van der Waals surface area (Å²) in [7, 11) is 5.95. The molecule has 1 heterocycles. The monoisotopic (exact) mass is 164 g/mol. The van der Waals surface area contributed by atoms with Crippen LogP contribution in [0.25, 0.3) is 0 Å². The Bertz CT molecular complexity index is 183. The average molecular weight is 164 g/mol. The van der Waals surface area contributed by atoms with Crippen molar-refractivity contribution in [1.29, 1.82) is 0 Å². The van der Waals surface area contributed by atoms with Crippen LogP contribution in [0.2, 0.25) is 0 Å². The lowest BCUT2D eigenvalue weighted by Crippen LogP contribution is -2.37. The highest BCUT2D eigenvalue weighted by Gasteiger charge is 2.51. The summed E-state index contributed by atoms with van der Waals surface area (Å²) in [5, 5.41) is 0. The first kappa shape index (κ1) is 8.62. The van der Waals surface area contributed by atoms with Gasteiger partial charge >= 0.3 is 0 Å². The van der Waals surface area contributed by atoms with E-state index < -0.39 is 0 Å². The Labute approximate surface area is 76.3 Å².